The molecule has 3 rings (SSSR count). The van der Waals surface area contributed by atoms with E-state index in [2.05, 4.69) is 4.98 Å². The Morgan fingerprint density at radius 2 is 2.00 bits per heavy atom. The predicted octanol–water partition coefficient (Wildman–Crippen LogP) is 2.44. The molecule has 7 nitrogen and oxygen atoms in total. The number of carbonyl (C=O) groups excluding carboxylic acids is 1. The van der Waals surface area contributed by atoms with Crippen LogP contribution < -0.4 is 4.74 Å². The molecule has 136 valence electrons. The molecule has 0 saturated carbocycles. The van der Waals surface area contributed by atoms with Crippen molar-refractivity contribution in [3.63, 3.8) is 0 Å². The van der Waals surface area contributed by atoms with Gasteiger partial charge in [-0.05, 0) is 24.6 Å². The van der Waals surface area contributed by atoms with Crippen molar-refractivity contribution >= 4 is 11.9 Å². The minimum atomic E-state index is -1.07. The fraction of sp³-hybridized carbons (Fsp3) is 0.316. The largest absolute Gasteiger partial charge is 0.481 e. The van der Waals surface area contributed by atoms with E-state index in [0.29, 0.717) is 24.5 Å². The molecule has 1 aromatic heterocycles. The van der Waals surface area contributed by atoms with Crippen molar-refractivity contribution in [2.24, 2.45) is 5.41 Å². The van der Waals surface area contributed by atoms with Crippen molar-refractivity contribution in [2.75, 3.05) is 26.8 Å². The Morgan fingerprint density at radius 1 is 1.23 bits per heavy atom. The SMILES string of the molecule is COCC1(C(=O)O)CCN(C(=O)c2cc(Oc3ccccc3)ccn2)C1. The maximum Gasteiger partial charge on any atom is 0.313 e. The standard InChI is InChI=1S/C19H20N2O5/c1-25-13-19(18(23)24)8-10-21(12-19)17(22)16-11-15(7-9-20-16)26-14-5-3-2-4-6-14/h2-7,9,11H,8,10,12-13H2,1H3,(H,23,24). The Labute approximate surface area is 151 Å². The first-order chi connectivity index (χ1) is 12.5. The van der Waals surface area contributed by atoms with Gasteiger partial charge in [-0.3, -0.25) is 14.6 Å². The average molecular weight is 356 g/mol. The highest BCUT2D eigenvalue weighted by Gasteiger charge is 2.46. The zero-order valence-corrected chi connectivity index (χ0v) is 14.4. The molecule has 1 aliphatic rings. The van der Waals surface area contributed by atoms with Crippen LogP contribution in [0.2, 0.25) is 0 Å². The smallest absolute Gasteiger partial charge is 0.313 e. The summed E-state index contributed by atoms with van der Waals surface area (Å²) < 4.78 is 10.8. The van der Waals surface area contributed by atoms with Crippen molar-refractivity contribution in [2.45, 2.75) is 6.42 Å². The number of rotatable bonds is 6. The minimum absolute atomic E-state index is 0.0662. The highest BCUT2D eigenvalue weighted by atomic mass is 16.5. The number of ether oxygens (including phenoxy) is 2. The molecule has 0 spiro atoms. The van der Waals surface area contributed by atoms with Gasteiger partial charge in [0, 0.05) is 32.5 Å². The first-order valence-corrected chi connectivity index (χ1v) is 8.25. The third-order valence-corrected chi connectivity index (χ3v) is 4.44. The van der Waals surface area contributed by atoms with Gasteiger partial charge in [0.05, 0.1) is 6.61 Å². The lowest BCUT2D eigenvalue weighted by atomic mass is 9.88. The molecule has 1 amide bonds. The number of aliphatic carboxylic acids is 1. The van der Waals surface area contributed by atoms with E-state index >= 15 is 0 Å². The molecule has 26 heavy (non-hydrogen) atoms. The van der Waals surface area contributed by atoms with Gasteiger partial charge in [0.15, 0.2) is 0 Å². The van der Waals surface area contributed by atoms with Crippen LogP contribution in [0.5, 0.6) is 11.5 Å². The molecule has 1 unspecified atom stereocenters. The van der Waals surface area contributed by atoms with E-state index in [0.717, 1.165) is 0 Å². The van der Waals surface area contributed by atoms with Crippen LogP contribution in [0.15, 0.2) is 48.7 Å². The lowest BCUT2D eigenvalue weighted by Crippen LogP contribution is -2.40. The van der Waals surface area contributed by atoms with Gasteiger partial charge in [0.2, 0.25) is 0 Å². The monoisotopic (exact) mass is 356 g/mol. The average Bonchev–Trinajstić information content (AvgIpc) is 3.08. The Balaban J connectivity index is 1.74. The van der Waals surface area contributed by atoms with E-state index in [1.165, 1.54) is 18.2 Å². The fourth-order valence-electron chi connectivity index (χ4n) is 3.05. The van der Waals surface area contributed by atoms with E-state index in [9.17, 15) is 14.7 Å². The molecular formula is C19H20N2O5. The number of benzene rings is 1. The maximum absolute atomic E-state index is 12.7. The summed E-state index contributed by atoms with van der Waals surface area (Å²) in [6.07, 6.45) is 1.85. The molecule has 7 heteroatoms. The Morgan fingerprint density at radius 3 is 2.69 bits per heavy atom. The van der Waals surface area contributed by atoms with Gasteiger partial charge in [-0.2, -0.15) is 0 Å². The first-order valence-electron chi connectivity index (χ1n) is 8.25. The van der Waals surface area contributed by atoms with Gasteiger partial charge in [-0.25, -0.2) is 0 Å². The van der Waals surface area contributed by atoms with Gasteiger partial charge in [-0.15, -0.1) is 0 Å². The zero-order valence-electron chi connectivity index (χ0n) is 14.4. The first kappa shape index (κ1) is 17.9. The molecule has 0 aliphatic carbocycles. The summed E-state index contributed by atoms with van der Waals surface area (Å²) in [7, 11) is 1.46. The number of amides is 1. The second kappa shape index (κ2) is 7.53. The molecule has 1 aromatic carbocycles. The molecule has 1 saturated heterocycles. The summed E-state index contributed by atoms with van der Waals surface area (Å²) >= 11 is 0. The Kier molecular flexibility index (Phi) is 5.18. The zero-order chi connectivity index (χ0) is 18.6. The summed E-state index contributed by atoms with van der Waals surface area (Å²) in [4.78, 5) is 30.0. The minimum Gasteiger partial charge on any atom is -0.481 e. The van der Waals surface area contributed by atoms with E-state index in [1.807, 2.05) is 30.3 Å². The lowest BCUT2D eigenvalue weighted by molar-refractivity contribution is -0.151. The van der Waals surface area contributed by atoms with Crippen LogP contribution in [-0.4, -0.2) is 53.7 Å². The van der Waals surface area contributed by atoms with Crippen molar-refractivity contribution in [1.82, 2.24) is 9.88 Å². The second-order valence-electron chi connectivity index (χ2n) is 6.29. The van der Waals surface area contributed by atoms with Crippen LogP contribution in [0.1, 0.15) is 16.9 Å². The van der Waals surface area contributed by atoms with E-state index in [4.69, 9.17) is 9.47 Å². The number of nitrogens with zero attached hydrogens (tertiary/aromatic N) is 2. The Bertz CT molecular complexity index is 796. The van der Waals surface area contributed by atoms with Gasteiger partial charge in [-0.1, -0.05) is 18.2 Å². The van der Waals surface area contributed by atoms with E-state index in [-0.39, 0.29) is 24.8 Å². The van der Waals surface area contributed by atoms with E-state index in [1.54, 1.807) is 12.1 Å². The van der Waals surface area contributed by atoms with Gasteiger partial charge in [0.1, 0.15) is 22.6 Å². The van der Waals surface area contributed by atoms with Crippen molar-refractivity contribution in [3.05, 3.63) is 54.4 Å². The molecule has 1 atom stereocenters. The number of likely N-dealkylation sites (tertiary alicyclic amines) is 1. The molecule has 2 heterocycles. The highest BCUT2D eigenvalue weighted by Crippen LogP contribution is 2.32. The topological polar surface area (TPSA) is 89.0 Å². The normalized spacial score (nSPS) is 19.3. The summed E-state index contributed by atoms with van der Waals surface area (Å²) in [6.45, 7) is 0.511. The Hall–Kier alpha value is -2.93. The number of carboxylic acid groups (broad SMARTS) is 1. The molecule has 0 radical (unpaired) electrons. The molecule has 1 fully saturated rings. The number of methoxy groups -OCH3 is 1. The summed E-state index contributed by atoms with van der Waals surface area (Å²) in [6, 6.07) is 12.5. The van der Waals surface area contributed by atoms with Crippen LogP contribution in [0.4, 0.5) is 0 Å². The molecule has 1 aliphatic heterocycles. The number of hydrogen-bond donors (Lipinski definition) is 1. The summed E-state index contributed by atoms with van der Waals surface area (Å²) in [5.74, 6) is -0.120. The molecular weight excluding hydrogens is 336 g/mol. The third-order valence-electron chi connectivity index (χ3n) is 4.44. The second-order valence-corrected chi connectivity index (χ2v) is 6.29. The van der Waals surface area contributed by atoms with Crippen LogP contribution >= 0.6 is 0 Å². The number of para-hydroxylation sites is 1. The third kappa shape index (κ3) is 3.67. The molecule has 1 N–H and O–H groups in total. The van der Waals surface area contributed by atoms with Gasteiger partial charge >= 0.3 is 5.97 Å². The van der Waals surface area contributed by atoms with Crippen LogP contribution in [0, 0.1) is 5.41 Å². The maximum atomic E-state index is 12.7. The predicted molar refractivity (Wildman–Crippen MR) is 93.2 cm³/mol. The number of carboxylic acids is 1. The van der Waals surface area contributed by atoms with Gasteiger partial charge in [0.25, 0.3) is 5.91 Å². The molecule has 0 bridgehead atoms. The highest BCUT2D eigenvalue weighted by molar-refractivity contribution is 5.93. The van der Waals surface area contributed by atoms with Gasteiger partial charge < -0.3 is 19.5 Å². The number of hydrogen-bond acceptors (Lipinski definition) is 5. The lowest BCUT2D eigenvalue weighted by Gasteiger charge is -2.23. The summed E-state index contributed by atoms with van der Waals surface area (Å²) in [5.41, 5.74) is -0.847. The number of pyridine rings is 1. The van der Waals surface area contributed by atoms with Crippen molar-refractivity contribution in [1.29, 1.82) is 0 Å². The van der Waals surface area contributed by atoms with Crippen LogP contribution in [0.25, 0.3) is 0 Å². The number of carbonyl (C=O) groups is 2. The van der Waals surface area contributed by atoms with Crippen molar-refractivity contribution in [3.8, 4) is 11.5 Å². The number of aromatic nitrogens is 1. The fourth-order valence-corrected chi connectivity index (χ4v) is 3.05. The van der Waals surface area contributed by atoms with Crippen LogP contribution in [0.3, 0.4) is 0 Å². The quantitative estimate of drug-likeness (QED) is 0.855. The van der Waals surface area contributed by atoms with Crippen LogP contribution in [-0.2, 0) is 9.53 Å². The molecule has 2 aromatic rings. The van der Waals surface area contributed by atoms with E-state index < -0.39 is 11.4 Å². The van der Waals surface area contributed by atoms with Crippen molar-refractivity contribution < 1.29 is 24.2 Å². The summed E-state index contributed by atoms with van der Waals surface area (Å²) in [5, 5.41) is 9.52.